The maximum atomic E-state index is 14.0. The molecule has 2 aliphatic rings. The lowest BCUT2D eigenvalue weighted by molar-refractivity contribution is -0.158. The average Bonchev–Trinajstić information content (AvgIpc) is 3.37. The number of esters is 1. The Balaban J connectivity index is 1.99. The molecular weight excluding hydrogens is 749 g/mol. The molecule has 12 heteroatoms. The highest BCUT2D eigenvalue weighted by atomic mass is 32.2. The van der Waals surface area contributed by atoms with Crippen LogP contribution in [0.1, 0.15) is 101 Å². The molecule has 0 radical (unpaired) electrons. The number of carbonyl (C=O) groups is 1. The minimum atomic E-state index is -3.70. The van der Waals surface area contributed by atoms with Gasteiger partial charge in [0.05, 0.1) is 65.9 Å². The van der Waals surface area contributed by atoms with E-state index < -0.39 is 56.1 Å². The van der Waals surface area contributed by atoms with Gasteiger partial charge in [-0.25, -0.2) is 8.42 Å². The van der Waals surface area contributed by atoms with Gasteiger partial charge in [0.15, 0.2) is 26.5 Å². The summed E-state index contributed by atoms with van der Waals surface area (Å²) in [6, 6.07) is 8.60. The molecule has 0 bridgehead atoms. The van der Waals surface area contributed by atoms with Crippen molar-refractivity contribution < 1.29 is 41.0 Å². The standard InChI is InChI=1S/C43H76O9SSi2/c1-17-23-48-40(44)43(10,11)27-32-24-30(2)31(3)36(50-32)26-37-35(29-53(45,46)34-21-19-18-20-22-34)39(47-12)38(51-37)25-33(52-55(15,16)42(7,8)9)28-49-54(13,14)41(4,5)6/h18-22,30,32-33,35-39H,3,17,23-29H2,1-2,4-16H3/t30-,32+,33?,35+,36-,37+,38-,39-/m1/s1. The van der Waals surface area contributed by atoms with Crippen molar-refractivity contribution in [1.29, 1.82) is 0 Å². The second kappa shape index (κ2) is 18.7. The van der Waals surface area contributed by atoms with Gasteiger partial charge in [0.2, 0.25) is 0 Å². The van der Waals surface area contributed by atoms with Crippen LogP contribution in [-0.4, -0.2) is 93.7 Å². The zero-order chi connectivity index (χ0) is 41.8. The predicted octanol–water partition coefficient (Wildman–Crippen LogP) is 9.77. The largest absolute Gasteiger partial charge is 0.465 e. The lowest BCUT2D eigenvalue weighted by Crippen LogP contribution is -2.49. The molecule has 2 aliphatic heterocycles. The number of hydrogen-bond donors (Lipinski definition) is 0. The summed E-state index contributed by atoms with van der Waals surface area (Å²) in [7, 11) is -6.42. The molecule has 0 aromatic heterocycles. The number of methoxy groups -OCH3 is 1. The van der Waals surface area contributed by atoms with Crippen molar-refractivity contribution in [3.8, 4) is 0 Å². The molecule has 1 aromatic carbocycles. The zero-order valence-electron chi connectivity index (χ0n) is 37.0. The monoisotopic (exact) mass is 824 g/mol. The summed E-state index contributed by atoms with van der Waals surface area (Å²) in [5.41, 5.74) is 0.229. The van der Waals surface area contributed by atoms with Crippen molar-refractivity contribution in [1.82, 2.24) is 0 Å². The summed E-state index contributed by atoms with van der Waals surface area (Å²) in [4.78, 5) is 13.3. The molecular formula is C43H76O9SSi2. The van der Waals surface area contributed by atoms with Crippen molar-refractivity contribution in [3.05, 3.63) is 42.5 Å². The van der Waals surface area contributed by atoms with Crippen LogP contribution in [0.15, 0.2) is 47.4 Å². The van der Waals surface area contributed by atoms with Crippen LogP contribution in [0.4, 0.5) is 0 Å². The fourth-order valence-corrected chi connectivity index (χ4v) is 11.2. The van der Waals surface area contributed by atoms with Crippen molar-refractivity contribution in [2.45, 2.75) is 179 Å². The van der Waals surface area contributed by atoms with E-state index in [4.69, 9.17) is 27.8 Å². The molecule has 0 amide bonds. The molecule has 316 valence electrons. The number of hydrogen-bond acceptors (Lipinski definition) is 9. The highest BCUT2D eigenvalue weighted by molar-refractivity contribution is 7.91. The summed E-state index contributed by atoms with van der Waals surface area (Å²) in [5, 5.41) is -0.000670. The van der Waals surface area contributed by atoms with Gasteiger partial charge in [0.1, 0.15) is 0 Å². The molecule has 0 spiro atoms. The van der Waals surface area contributed by atoms with Crippen molar-refractivity contribution >= 4 is 32.4 Å². The third-order valence-electron chi connectivity index (χ3n) is 12.8. The van der Waals surface area contributed by atoms with Crippen LogP contribution in [0.25, 0.3) is 0 Å². The van der Waals surface area contributed by atoms with Gasteiger partial charge in [-0.15, -0.1) is 0 Å². The van der Waals surface area contributed by atoms with E-state index in [-0.39, 0.29) is 50.9 Å². The molecule has 2 saturated heterocycles. The van der Waals surface area contributed by atoms with E-state index in [2.05, 4.69) is 81.2 Å². The van der Waals surface area contributed by atoms with Crippen LogP contribution in [0.5, 0.6) is 0 Å². The fourth-order valence-electron chi connectivity index (χ4n) is 7.17. The van der Waals surface area contributed by atoms with E-state index in [1.54, 1.807) is 31.4 Å². The Hall–Kier alpha value is -1.39. The summed E-state index contributed by atoms with van der Waals surface area (Å²) in [6.45, 7) is 35.6. The molecule has 1 unspecified atom stereocenters. The SMILES string of the molecule is C=C1[C@H](C)C[C@@H](CC(C)(C)C(=O)OCCC)O[C@@H]1C[C@@H]1O[C@H](CC(CO[Si](C)(C)C(C)(C)C)O[Si](C)(C)C(C)(C)C)[C@H](OC)[C@H]1CS(=O)(=O)c1ccccc1. The first-order valence-corrected chi connectivity index (χ1v) is 27.9. The third kappa shape index (κ3) is 12.6. The highest BCUT2D eigenvalue weighted by Crippen LogP contribution is 2.44. The van der Waals surface area contributed by atoms with E-state index in [9.17, 15) is 13.2 Å². The van der Waals surface area contributed by atoms with E-state index in [1.807, 2.05) is 26.8 Å². The van der Waals surface area contributed by atoms with Crippen LogP contribution in [0.2, 0.25) is 36.3 Å². The van der Waals surface area contributed by atoms with Crippen molar-refractivity contribution in [3.63, 3.8) is 0 Å². The number of ether oxygens (including phenoxy) is 4. The molecule has 55 heavy (non-hydrogen) atoms. The summed E-state index contributed by atoms with van der Waals surface area (Å²) >= 11 is 0. The van der Waals surface area contributed by atoms with Crippen molar-refractivity contribution in [2.24, 2.45) is 17.3 Å². The zero-order valence-corrected chi connectivity index (χ0v) is 39.8. The maximum Gasteiger partial charge on any atom is 0.311 e. The number of carbonyl (C=O) groups excluding carboxylic acids is 1. The van der Waals surface area contributed by atoms with E-state index in [0.717, 1.165) is 18.4 Å². The molecule has 8 atom stereocenters. The molecule has 2 heterocycles. The number of benzene rings is 1. The normalized spacial score (nSPS) is 26.6. The molecule has 0 N–H and O–H groups in total. The molecule has 9 nitrogen and oxygen atoms in total. The van der Waals surface area contributed by atoms with E-state index >= 15 is 0 Å². The van der Waals surface area contributed by atoms with Crippen LogP contribution in [-0.2, 0) is 42.4 Å². The average molecular weight is 825 g/mol. The predicted molar refractivity (Wildman–Crippen MR) is 227 cm³/mol. The van der Waals surface area contributed by atoms with Gasteiger partial charge in [0, 0.05) is 25.9 Å². The Morgan fingerprint density at radius 1 is 0.945 bits per heavy atom. The lowest BCUT2D eigenvalue weighted by atomic mass is 9.79. The van der Waals surface area contributed by atoms with Crippen LogP contribution < -0.4 is 0 Å². The summed E-state index contributed by atoms with van der Waals surface area (Å²) in [6.07, 6.45) is 0.595. The molecule has 1 aromatic rings. The molecule has 0 aliphatic carbocycles. The maximum absolute atomic E-state index is 14.0. The van der Waals surface area contributed by atoms with Crippen LogP contribution >= 0.6 is 0 Å². The molecule has 2 fully saturated rings. The number of sulfone groups is 1. The van der Waals surface area contributed by atoms with Gasteiger partial charge in [-0.05, 0) is 93.0 Å². The lowest BCUT2D eigenvalue weighted by Gasteiger charge is -2.42. The third-order valence-corrected chi connectivity index (χ3v) is 23.6. The van der Waals surface area contributed by atoms with E-state index in [0.29, 0.717) is 32.5 Å². The quantitative estimate of drug-likeness (QED) is 0.0813. The Kier molecular flexibility index (Phi) is 16.3. The van der Waals surface area contributed by atoms with Gasteiger partial charge in [-0.1, -0.05) is 80.2 Å². The van der Waals surface area contributed by atoms with Gasteiger partial charge >= 0.3 is 5.97 Å². The molecule has 3 rings (SSSR count). The Morgan fingerprint density at radius 2 is 1.55 bits per heavy atom. The fraction of sp³-hybridized carbons (Fsp3) is 0.791. The van der Waals surface area contributed by atoms with Gasteiger partial charge in [0.25, 0.3) is 0 Å². The summed E-state index contributed by atoms with van der Waals surface area (Å²) in [5.74, 6) is -0.709. The summed E-state index contributed by atoms with van der Waals surface area (Å²) < 4.78 is 67.5. The molecule has 0 saturated carbocycles. The first kappa shape index (κ1) is 48.0. The first-order valence-electron chi connectivity index (χ1n) is 20.4. The Morgan fingerprint density at radius 3 is 2.09 bits per heavy atom. The van der Waals surface area contributed by atoms with Crippen LogP contribution in [0.3, 0.4) is 0 Å². The number of rotatable bonds is 18. The van der Waals surface area contributed by atoms with Gasteiger partial charge in [-0.2, -0.15) is 0 Å². The Labute approximate surface area is 337 Å². The highest BCUT2D eigenvalue weighted by Gasteiger charge is 2.51. The Bertz CT molecular complexity index is 1510. The van der Waals surface area contributed by atoms with Gasteiger partial charge in [-0.3, -0.25) is 4.79 Å². The van der Waals surface area contributed by atoms with Gasteiger partial charge < -0.3 is 27.8 Å². The van der Waals surface area contributed by atoms with E-state index in [1.165, 1.54) is 0 Å². The first-order chi connectivity index (χ1) is 25.2. The topological polar surface area (TPSA) is 107 Å². The van der Waals surface area contributed by atoms with Crippen molar-refractivity contribution in [2.75, 3.05) is 26.1 Å². The minimum Gasteiger partial charge on any atom is -0.465 e. The smallest absolute Gasteiger partial charge is 0.311 e. The minimum absolute atomic E-state index is 0.0257. The van der Waals surface area contributed by atoms with Crippen LogP contribution in [0, 0.1) is 17.3 Å². The second-order valence-corrected chi connectivity index (χ2v) is 31.5. The second-order valence-electron chi connectivity index (χ2n) is 19.9.